The standard InChI is InChI=1S/C32H29N3O4/c1-4-37-32(36)30-29(24-8-5-9-26-23(24)11-13-34(26)18-21-7-6-12-33-17-21)19(2)35-14-10-22-15-27-28(39-20(3)38-27)16-25(22)31(30)35/h5-9,11-13,15-17,20H,4,10,14,18H2,1-3H3. The van der Waals surface area contributed by atoms with Crippen molar-refractivity contribution >= 4 is 16.9 Å². The zero-order valence-corrected chi connectivity index (χ0v) is 22.2. The van der Waals surface area contributed by atoms with Gasteiger partial charge in [0.25, 0.3) is 0 Å². The van der Waals surface area contributed by atoms with Crippen molar-refractivity contribution in [3.05, 3.63) is 89.5 Å². The van der Waals surface area contributed by atoms with E-state index in [4.69, 9.17) is 14.2 Å². The summed E-state index contributed by atoms with van der Waals surface area (Å²) in [5, 5.41) is 1.10. The van der Waals surface area contributed by atoms with Gasteiger partial charge in [0.15, 0.2) is 11.5 Å². The second-order valence-corrected chi connectivity index (χ2v) is 10.1. The van der Waals surface area contributed by atoms with E-state index in [-0.39, 0.29) is 12.3 Å². The molecule has 39 heavy (non-hydrogen) atoms. The Labute approximate surface area is 226 Å². The van der Waals surface area contributed by atoms with E-state index in [1.54, 1.807) is 6.20 Å². The minimum Gasteiger partial charge on any atom is -0.462 e. The molecule has 7 rings (SSSR count). The van der Waals surface area contributed by atoms with Gasteiger partial charge in [-0.05, 0) is 67.3 Å². The molecule has 196 valence electrons. The normalized spacial score (nSPS) is 15.3. The molecule has 0 aliphatic carbocycles. The van der Waals surface area contributed by atoms with Gasteiger partial charge in [0, 0.05) is 66.3 Å². The third kappa shape index (κ3) is 3.72. The summed E-state index contributed by atoms with van der Waals surface area (Å²) in [7, 11) is 0. The molecule has 7 heteroatoms. The number of hydrogen-bond donors (Lipinski definition) is 0. The lowest BCUT2D eigenvalue weighted by Gasteiger charge is -2.22. The predicted molar refractivity (Wildman–Crippen MR) is 149 cm³/mol. The van der Waals surface area contributed by atoms with Crippen LogP contribution in [0.15, 0.2) is 67.1 Å². The highest BCUT2D eigenvalue weighted by Gasteiger charge is 2.34. The Bertz CT molecular complexity index is 1750. The van der Waals surface area contributed by atoms with Crippen LogP contribution in [0.3, 0.4) is 0 Å². The smallest absolute Gasteiger partial charge is 0.340 e. The minimum absolute atomic E-state index is 0.305. The van der Waals surface area contributed by atoms with E-state index >= 15 is 0 Å². The van der Waals surface area contributed by atoms with Gasteiger partial charge in [-0.2, -0.15) is 0 Å². The number of nitrogens with zero attached hydrogens (tertiary/aromatic N) is 3. The summed E-state index contributed by atoms with van der Waals surface area (Å²) >= 11 is 0. The van der Waals surface area contributed by atoms with Gasteiger partial charge in [0.1, 0.15) is 0 Å². The number of rotatable bonds is 5. The number of hydrogen-bond acceptors (Lipinski definition) is 5. The predicted octanol–water partition coefficient (Wildman–Crippen LogP) is 6.38. The molecule has 1 unspecified atom stereocenters. The van der Waals surface area contributed by atoms with Crippen molar-refractivity contribution in [2.24, 2.45) is 0 Å². The Hall–Kier alpha value is -4.52. The summed E-state index contributed by atoms with van der Waals surface area (Å²) in [6, 6.07) is 16.6. The number of ether oxygens (including phenoxy) is 3. The average molecular weight is 520 g/mol. The van der Waals surface area contributed by atoms with E-state index in [2.05, 4.69) is 63.6 Å². The topological polar surface area (TPSA) is 67.5 Å². The summed E-state index contributed by atoms with van der Waals surface area (Å²) in [6.07, 6.45) is 6.30. The first kappa shape index (κ1) is 23.6. The van der Waals surface area contributed by atoms with Crippen molar-refractivity contribution in [1.29, 1.82) is 0 Å². The van der Waals surface area contributed by atoms with Crippen molar-refractivity contribution < 1.29 is 19.0 Å². The van der Waals surface area contributed by atoms with Gasteiger partial charge in [-0.3, -0.25) is 4.98 Å². The van der Waals surface area contributed by atoms with E-state index < -0.39 is 0 Å². The van der Waals surface area contributed by atoms with Crippen LogP contribution in [0, 0.1) is 6.92 Å². The van der Waals surface area contributed by atoms with Crippen molar-refractivity contribution in [3.63, 3.8) is 0 Å². The van der Waals surface area contributed by atoms with E-state index in [0.717, 1.165) is 75.4 Å². The van der Waals surface area contributed by atoms with Crippen molar-refractivity contribution in [2.45, 2.75) is 46.6 Å². The molecule has 0 N–H and O–H groups in total. The van der Waals surface area contributed by atoms with Crippen LogP contribution in [-0.4, -0.2) is 33.0 Å². The van der Waals surface area contributed by atoms with Gasteiger partial charge in [0.2, 0.25) is 6.29 Å². The molecule has 7 nitrogen and oxygen atoms in total. The van der Waals surface area contributed by atoms with E-state index in [1.807, 2.05) is 32.2 Å². The second-order valence-electron chi connectivity index (χ2n) is 10.1. The number of aryl methyl sites for hydroxylation is 1. The number of fused-ring (bicyclic) bond motifs is 5. The van der Waals surface area contributed by atoms with Gasteiger partial charge < -0.3 is 23.3 Å². The number of carbonyl (C=O) groups excluding carboxylic acids is 1. The fourth-order valence-corrected chi connectivity index (χ4v) is 6.12. The van der Waals surface area contributed by atoms with Crippen LogP contribution in [-0.2, 0) is 24.2 Å². The summed E-state index contributed by atoms with van der Waals surface area (Å²) in [5.74, 6) is 1.16. The second kappa shape index (κ2) is 9.05. The molecule has 0 bridgehead atoms. The first-order valence-electron chi connectivity index (χ1n) is 13.4. The molecule has 0 spiro atoms. The first-order valence-corrected chi connectivity index (χ1v) is 13.4. The largest absolute Gasteiger partial charge is 0.462 e. The van der Waals surface area contributed by atoms with Gasteiger partial charge in [0.05, 0.1) is 17.9 Å². The van der Waals surface area contributed by atoms with Crippen LogP contribution >= 0.6 is 0 Å². The lowest BCUT2D eigenvalue weighted by Crippen LogP contribution is -2.14. The molecule has 0 fully saturated rings. The number of pyridine rings is 1. The molecule has 0 saturated carbocycles. The monoisotopic (exact) mass is 519 g/mol. The first-order chi connectivity index (χ1) is 19.0. The number of aromatic nitrogens is 3. The summed E-state index contributed by atoms with van der Waals surface area (Å²) in [4.78, 5) is 18.0. The Kier molecular flexibility index (Phi) is 5.47. The van der Waals surface area contributed by atoms with Crippen LogP contribution in [0.2, 0.25) is 0 Å². The van der Waals surface area contributed by atoms with E-state index in [0.29, 0.717) is 17.9 Å². The van der Waals surface area contributed by atoms with Crippen molar-refractivity contribution in [1.82, 2.24) is 14.1 Å². The van der Waals surface area contributed by atoms with Crippen LogP contribution in [0.25, 0.3) is 33.3 Å². The van der Waals surface area contributed by atoms with Gasteiger partial charge >= 0.3 is 5.97 Å². The van der Waals surface area contributed by atoms with Crippen LogP contribution < -0.4 is 9.47 Å². The Morgan fingerprint density at radius 1 is 1.10 bits per heavy atom. The Morgan fingerprint density at radius 3 is 2.74 bits per heavy atom. The van der Waals surface area contributed by atoms with Crippen LogP contribution in [0.4, 0.5) is 0 Å². The molecule has 0 radical (unpaired) electrons. The summed E-state index contributed by atoms with van der Waals surface area (Å²) in [5.41, 5.74) is 8.88. The van der Waals surface area contributed by atoms with Crippen molar-refractivity contribution in [2.75, 3.05) is 6.61 Å². The Balaban J connectivity index is 1.44. The average Bonchev–Trinajstić information content (AvgIpc) is 3.60. The van der Waals surface area contributed by atoms with E-state index in [9.17, 15) is 4.79 Å². The highest BCUT2D eigenvalue weighted by molar-refractivity contribution is 6.09. The number of carbonyl (C=O) groups is 1. The van der Waals surface area contributed by atoms with Gasteiger partial charge in [-0.1, -0.05) is 18.2 Å². The maximum Gasteiger partial charge on any atom is 0.340 e. The SMILES string of the molecule is CCOC(=O)c1c(-c2cccc3c2ccn3Cc2cccnc2)c(C)n2c1-c1cc3c(cc1CC2)OC(C)O3. The Morgan fingerprint density at radius 2 is 1.95 bits per heavy atom. The molecule has 0 saturated heterocycles. The van der Waals surface area contributed by atoms with Gasteiger partial charge in [-0.15, -0.1) is 0 Å². The molecule has 3 aromatic heterocycles. The lowest BCUT2D eigenvalue weighted by atomic mass is 9.92. The molecular formula is C32H29N3O4. The molecule has 2 aliphatic heterocycles. The minimum atomic E-state index is -0.328. The maximum absolute atomic E-state index is 13.7. The molecule has 1 atom stereocenters. The van der Waals surface area contributed by atoms with Crippen molar-refractivity contribution in [3.8, 4) is 33.9 Å². The third-order valence-corrected chi connectivity index (χ3v) is 7.78. The van der Waals surface area contributed by atoms with Gasteiger partial charge in [-0.25, -0.2) is 4.79 Å². The molecular weight excluding hydrogens is 490 g/mol. The third-order valence-electron chi connectivity index (χ3n) is 7.78. The van der Waals surface area contributed by atoms with Crippen LogP contribution in [0.1, 0.15) is 41.0 Å². The highest BCUT2D eigenvalue weighted by atomic mass is 16.7. The zero-order chi connectivity index (χ0) is 26.7. The molecule has 2 aliphatic rings. The molecule has 5 heterocycles. The fraction of sp³-hybridized carbons (Fsp3) is 0.250. The molecule has 0 amide bonds. The van der Waals surface area contributed by atoms with Crippen LogP contribution in [0.5, 0.6) is 11.5 Å². The summed E-state index contributed by atoms with van der Waals surface area (Å²) in [6.45, 7) is 7.63. The zero-order valence-electron chi connectivity index (χ0n) is 22.2. The summed E-state index contributed by atoms with van der Waals surface area (Å²) < 4.78 is 21.9. The molecule has 2 aromatic carbocycles. The maximum atomic E-state index is 13.7. The lowest BCUT2D eigenvalue weighted by molar-refractivity contribution is 0.0527. The number of esters is 1. The quantitative estimate of drug-likeness (QED) is 0.252. The number of benzene rings is 2. The van der Waals surface area contributed by atoms with E-state index in [1.165, 1.54) is 0 Å². The highest BCUT2D eigenvalue weighted by Crippen LogP contribution is 2.48. The molecule has 5 aromatic rings. The fourth-order valence-electron chi connectivity index (χ4n) is 6.12.